The highest BCUT2D eigenvalue weighted by atomic mass is 15.2. The zero-order valence-electron chi connectivity index (χ0n) is 12.1. The molecule has 2 fully saturated rings. The van der Waals surface area contributed by atoms with Gasteiger partial charge in [-0.05, 0) is 55.6 Å². The monoisotopic (exact) mass is 259 g/mol. The number of hydrogen-bond donors (Lipinski definition) is 1. The molecule has 0 radical (unpaired) electrons. The van der Waals surface area contributed by atoms with Crippen LogP contribution in [0.25, 0.3) is 0 Å². The summed E-state index contributed by atoms with van der Waals surface area (Å²) in [5.41, 5.74) is 8.35. The van der Waals surface area contributed by atoms with Crippen molar-refractivity contribution in [1.29, 1.82) is 0 Å². The average Bonchev–Trinajstić information content (AvgIpc) is 3.00. The number of aryl methyl sites for hydroxylation is 1. The van der Waals surface area contributed by atoms with Crippen molar-refractivity contribution < 1.29 is 0 Å². The molecule has 0 aromatic carbocycles. The lowest BCUT2D eigenvalue weighted by molar-refractivity contribution is 0.337. The van der Waals surface area contributed by atoms with E-state index in [0.717, 1.165) is 30.1 Å². The lowest BCUT2D eigenvalue weighted by atomic mass is 9.88. The van der Waals surface area contributed by atoms with Gasteiger partial charge in [0.25, 0.3) is 0 Å². The van der Waals surface area contributed by atoms with Crippen LogP contribution in [0.5, 0.6) is 0 Å². The molecule has 1 aromatic rings. The zero-order valence-corrected chi connectivity index (χ0v) is 12.1. The number of pyridine rings is 1. The number of anilines is 1. The smallest absolute Gasteiger partial charge is 0.133 e. The Balaban J connectivity index is 1.73. The summed E-state index contributed by atoms with van der Waals surface area (Å²) in [5.74, 6) is 3.95. The Morgan fingerprint density at radius 3 is 2.84 bits per heavy atom. The molecule has 2 N–H and O–H groups in total. The molecule has 2 saturated carbocycles. The Kier molecular flexibility index (Phi) is 3.48. The van der Waals surface area contributed by atoms with E-state index in [9.17, 15) is 0 Å². The second kappa shape index (κ2) is 5.12. The van der Waals surface area contributed by atoms with Crippen LogP contribution in [-0.4, -0.2) is 18.6 Å². The molecule has 1 heterocycles. The second-order valence-electron chi connectivity index (χ2n) is 6.45. The van der Waals surface area contributed by atoms with E-state index >= 15 is 0 Å². The summed E-state index contributed by atoms with van der Waals surface area (Å²) < 4.78 is 0. The van der Waals surface area contributed by atoms with E-state index in [0.29, 0.717) is 6.54 Å². The van der Waals surface area contributed by atoms with Gasteiger partial charge in [0.05, 0.1) is 0 Å². The SMILES string of the molecule is Cc1ccnc(N(C)CC2CC3CCC2C3)c1CN. The quantitative estimate of drug-likeness (QED) is 0.904. The number of fused-ring (bicyclic) bond motifs is 2. The number of hydrogen-bond acceptors (Lipinski definition) is 3. The van der Waals surface area contributed by atoms with Crippen molar-refractivity contribution in [2.75, 3.05) is 18.5 Å². The minimum Gasteiger partial charge on any atom is -0.359 e. The lowest BCUT2D eigenvalue weighted by Crippen LogP contribution is -2.30. The fourth-order valence-electron chi connectivity index (χ4n) is 4.19. The molecule has 1 aromatic heterocycles. The van der Waals surface area contributed by atoms with Gasteiger partial charge in [-0.15, -0.1) is 0 Å². The first kappa shape index (κ1) is 12.9. The molecular weight excluding hydrogens is 234 g/mol. The predicted octanol–water partition coefficient (Wildman–Crippen LogP) is 2.72. The van der Waals surface area contributed by atoms with Crippen LogP contribution in [0.1, 0.15) is 36.8 Å². The Morgan fingerprint density at radius 1 is 1.37 bits per heavy atom. The minimum atomic E-state index is 0.579. The fraction of sp³-hybridized carbons (Fsp3) is 0.688. The van der Waals surface area contributed by atoms with Gasteiger partial charge in [-0.3, -0.25) is 0 Å². The molecule has 104 valence electrons. The molecule has 3 rings (SSSR count). The molecule has 0 aliphatic heterocycles. The summed E-state index contributed by atoms with van der Waals surface area (Å²) in [7, 11) is 2.17. The Bertz CT molecular complexity index is 457. The maximum atomic E-state index is 5.89. The van der Waals surface area contributed by atoms with E-state index in [1.807, 2.05) is 6.20 Å². The molecule has 19 heavy (non-hydrogen) atoms. The Hall–Kier alpha value is -1.09. The van der Waals surface area contributed by atoms with Crippen molar-refractivity contribution >= 4 is 5.82 Å². The van der Waals surface area contributed by atoms with Crippen molar-refractivity contribution in [3.8, 4) is 0 Å². The van der Waals surface area contributed by atoms with Gasteiger partial charge in [0, 0.05) is 31.9 Å². The van der Waals surface area contributed by atoms with Gasteiger partial charge >= 0.3 is 0 Å². The number of nitrogens with two attached hydrogens (primary N) is 1. The van der Waals surface area contributed by atoms with Crippen LogP contribution in [0.3, 0.4) is 0 Å². The summed E-state index contributed by atoms with van der Waals surface area (Å²) in [5, 5.41) is 0. The average molecular weight is 259 g/mol. The van der Waals surface area contributed by atoms with Crippen LogP contribution in [0.15, 0.2) is 12.3 Å². The molecule has 3 heteroatoms. The van der Waals surface area contributed by atoms with Gasteiger partial charge in [-0.25, -0.2) is 4.98 Å². The second-order valence-corrected chi connectivity index (χ2v) is 6.45. The molecule has 2 bridgehead atoms. The molecule has 3 atom stereocenters. The summed E-state index contributed by atoms with van der Waals surface area (Å²) in [4.78, 5) is 6.89. The van der Waals surface area contributed by atoms with Crippen molar-refractivity contribution in [2.45, 2.75) is 39.2 Å². The summed E-state index contributed by atoms with van der Waals surface area (Å²) in [6, 6.07) is 2.05. The van der Waals surface area contributed by atoms with E-state index in [4.69, 9.17) is 5.73 Å². The van der Waals surface area contributed by atoms with Crippen molar-refractivity contribution in [3.63, 3.8) is 0 Å². The molecule has 2 aliphatic carbocycles. The van der Waals surface area contributed by atoms with Gasteiger partial charge in [0.1, 0.15) is 5.82 Å². The molecular formula is C16H25N3. The molecule has 0 spiro atoms. The number of aromatic nitrogens is 1. The van der Waals surface area contributed by atoms with Gasteiger partial charge < -0.3 is 10.6 Å². The summed E-state index contributed by atoms with van der Waals surface area (Å²) in [6.45, 7) is 3.85. The van der Waals surface area contributed by atoms with Gasteiger partial charge in [-0.1, -0.05) is 6.42 Å². The van der Waals surface area contributed by atoms with Crippen LogP contribution in [0.4, 0.5) is 5.82 Å². The van der Waals surface area contributed by atoms with E-state index in [-0.39, 0.29) is 0 Å². The molecule has 0 amide bonds. The van der Waals surface area contributed by atoms with Crippen LogP contribution >= 0.6 is 0 Å². The topological polar surface area (TPSA) is 42.2 Å². The van der Waals surface area contributed by atoms with Crippen LogP contribution in [-0.2, 0) is 6.54 Å². The first-order valence-electron chi connectivity index (χ1n) is 7.54. The van der Waals surface area contributed by atoms with Gasteiger partial charge in [0.2, 0.25) is 0 Å². The molecule has 3 unspecified atom stereocenters. The van der Waals surface area contributed by atoms with Crippen molar-refractivity contribution in [1.82, 2.24) is 4.98 Å². The summed E-state index contributed by atoms with van der Waals surface area (Å²) in [6.07, 6.45) is 7.74. The highest BCUT2D eigenvalue weighted by molar-refractivity contribution is 5.49. The largest absolute Gasteiger partial charge is 0.359 e. The first-order valence-corrected chi connectivity index (χ1v) is 7.54. The van der Waals surface area contributed by atoms with E-state index < -0.39 is 0 Å². The lowest BCUT2D eigenvalue weighted by Gasteiger charge is -2.29. The standard InChI is InChI=1S/C16H25N3/c1-11-5-6-18-16(15(11)9-17)19(2)10-14-8-12-3-4-13(14)7-12/h5-6,12-14H,3-4,7-10,17H2,1-2H3. The van der Waals surface area contributed by atoms with E-state index in [1.54, 1.807) is 0 Å². The molecule has 3 nitrogen and oxygen atoms in total. The molecule has 2 aliphatic rings. The first-order chi connectivity index (χ1) is 9.19. The van der Waals surface area contributed by atoms with Crippen molar-refractivity contribution in [3.05, 3.63) is 23.4 Å². The third-order valence-electron chi connectivity index (χ3n) is 5.23. The predicted molar refractivity (Wildman–Crippen MR) is 79.1 cm³/mol. The normalized spacial score (nSPS) is 28.9. The van der Waals surface area contributed by atoms with E-state index in [1.165, 1.54) is 36.8 Å². The maximum Gasteiger partial charge on any atom is 0.133 e. The highest BCUT2D eigenvalue weighted by Crippen LogP contribution is 2.48. The van der Waals surface area contributed by atoms with Gasteiger partial charge in [0.15, 0.2) is 0 Å². The van der Waals surface area contributed by atoms with E-state index in [2.05, 4.69) is 29.9 Å². The number of nitrogens with zero attached hydrogens (tertiary/aromatic N) is 2. The maximum absolute atomic E-state index is 5.89. The van der Waals surface area contributed by atoms with Crippen LogP contribution < -0.4 is 10.6 Å². The third kappa shape index (κ3) is 2.36. The van der Waals surface area contributed by atoms with Crippen LogP contribution in [0.2, 0.25) is 0 Å². The fourth-order valence-corrected chi connectivity index (χ4v) is 4.19. The molecule has 0 saturated heterocycles. The Labute approximate surface area is 116 Å². The third-order valence-corrected chi connectivity index (χ3v) is 5.23. The van der Waals surface area contributed by atoms with Crippen molar-refractivity contribution in [2.24, 2.45) is 23.5 Å². The highest BCUT2D eigenvalue weighted by Gasteiger charge is 2.39. The minimum absolute atomic E-state index is 0.579. The van der Waals surface area contributed by atoms with Gasteiger partial charge in [-0.2, -0.15) is 0 Å². The zero-order chi connectivity index (χ0) is 13.4. The number of rotatable bonds is 4. The Morgan fingerprint density at radius 2 is 2.21 bits per heavy atom. The van der Waals surface area contributed by atoms with Crippen LogP contribution in [0, 0.1) is 24.7 Å². The summed E-state index contributed by atoms with van der Waals surface area (Å²) >= 11 is 0.